The number of nitrogens with zero attached hydrogens (tertiary/aromatic N) is 1. The lowest BCUT2D eigenvalue weighted by Crippen LogP contribution is -2.38. The summed E-state index contributed by atoms with van der Waals surface area (Å²) in [5.41, 5.74) is 5.74. The first kappa shape index (κ1) is 16.4. The predicted molar refractivity (Wildman–Crippen MR) is 77.8 cm³/mol. The normalized spacial score (nSPS) is 22.2. The number of amides is 1. The van der Waals surface area contributed by atoms with E-state index in [1.54, 1.807) is 0 Å². The third kappa shape index (κ3) is 5.91. The third-order valence-electron chi connectivity index (χ3n) is 3.91. The first-order valence-electron chi connectivity index (χ1n) is 7.66. The smallest absolute Gasteiger partial charge is 0.225 e. The van der Waals surface area contributed by atoms with Crippen LogP contribution in [0.5, 0.6) is 0 Å². The highest BCUT2D eigenvalue weighted by Crippen LogP contribution is 2.17. The number of ether oxygens (including phenoxy) is 1. The van der Waals surface area contributed by atoms with Crippen LogP contribution in [0.1, 0.15) is 46.5 Å². The van der Waals surface area contributed by atoms with Crippen LogP contribution in [-0.4, -0.2) is 43.2 Å². The first-order valence-corrected chi connectivity index (χ1v) is 7.66. The molecule has 0 spiro atoms. The Balaban J connectivity index is 2.34. The monoisotopic (exact) mass is 270 g/mol. The van der Waals surface area contributed by atoms with Crippen LogP contribution in [0.25, 0.3) is 0 Å². The van der Waals surface area contributed by atoms with E-state index in [9.17, 15) is 4.79 Å². The van der Waals surface area contributed by atoms with Crippen LogP contribution < -0.4 is 5.73 Å². The topological polar surface area (TPSA) is 55.6 Å². The van der Waals surface area contributed by atoms with Gasteiger partial charge < -0.3 is 15.4 Å². The Morgan fingerprint density at radius 3 is 2.68 bits per heavy atom. The molecule has 0 aromatic rings. The zero-order chi connectivity index (χ0) is 14.3. The van der Waals surface area contributed by atoms with Gasteiger partial charge in [-0.2, -0.15) is 0 Å². The SMILES string of the molecule is CCN(CC1CCOC1)C(=O)C(C)CCCC(C)N. The Bertz CT molecular complexity index is 263. The van der Waals surface area contributed by atoms with Crippen molar-refractivity contribution in [2.24, 2.45) is 17.6 Å². The number of rotatable bonds is 8. The minimum Gasteiger partial charge on any atom is -0.381 e. The highest BCUT2D eigenvalue weighted by atomic mass is 16.5. The summed E-state index contributed by atoms with van der Waals surface area (Å²) in [6.45, 7) is 9.42. The summed E-state index contributed by atoms with van der Waals surface area (Å²) in [6, 6.07) is 0.236. The van der Waals surface area contributed by atoms with Crippen molar-refractivity contribution >= 4 is 5.91 Å². The Kier molecular flexibility index (Phi) is 7.39. The summed E-state index contributed by atoms with van der Waals surface area (Å²) in [4.78, 5) is 14.4. The minimum atomic E-state index is 0.112. The lowest BCUT2D eigenvalue weighted by Gasteiger charge is -2.27. The van der Waals surface area contributed by atoms with Crippen molar-refractivity contribution in [2.45, 2.75) is 52.5 Å². The van der Waals surface area contributed by atoms with Gasteiger partial charge in [0.15, 0.2) is 0 Å². The first-order chi connectivity index (χ1) is 9.04. The van der Waals surface area contributed by atoms with Gasteiger partial charge in [-0.25, -0.2) is 0 Å². The molecule has 1 rings (SSSR count). The molecule has 1 fully saturated rings. The van der Waals surface area contributed by atoms with E-state index >= 15 is 0 Å². The average Bonchev–Trinajstić information content (AvgIpc) is 2.87. The second-order valence-electron chi connectivity index (χ2n) is 5.92. The number of nitrogens with two attached hydrogens (primary N) is 1. The number of hydrogen-bond donors (Lipinski definition) is 1. The van der Waals surface area contributed by atoms with Gasteiger partial charge >= 0.3 is 0 Å². The lowest BCUT2D eigenvalue weighted by atomic mass is 10.00. The molecule has 0 radical (unpaired) electrons. The van der Waals surface area contributed by atoms with Gasteiger partial charge in [0.25, 0.3) is 0 Å². The molecule has 0 bridgehead atoms. The maximum absolute atomic E-state index is 12.4. The molecule has 1 aliphatic heterocycles. The van der Waals surface area contributed by atoms with Crippen LogP contribution in [0, 0.1) is 11.8 Å². The lowest BCUT2D eigenvalue weighted by molar-refractivity contribution is -0.135. The van der Waals surface area contributed by atoms with Gasteiger partial charge in [0, 0.05) is 37.6 Å². The molecule has 3 atom stereocenters. The summed E-state index contributed by atoms with van der Waals surface area (Å²) in [6.07, 6.45) is 4.07. The number of carbonyl (C=O) groups is 1. The van der Waals surface area contributed by atoms with E-state index in [4.69, 9.17) is 10.5 Å². The second kappa shape index (κ2) is 8.54. The summed E-state index contributed by atoms with van der Waals surface area (Å²) in [5.74, 6) is 0.931. The number of carbonyl (C=O) groups excluding carboxylic acids is 1. The summed E-state index contributed by atoms with van der Waals surface area (Å²) in [7, 11) is 0. The molecule has 0 aromatic carbocycles. The fraction of sp³-hybridized carbons (Fsp3) is 0.933. The van der Waals surface area contributed by atoms with E-state index in [1.165, 1.54) is 0 Å². The molecule has 2 N–H and O–H groups in total. The molecular weight excluding hydrogens is 240 g/mol. The quantitative estimate of drug-likeness (QED) is 0.734. The van der Waals surface area contributed by atoms with Crippen molar-refractivity contribution in [3.05, 3.63) is 0 Å². The predicted octanol–water partition coefficient (Wildman–Crippen LogP) is 2.02. The summed E-state index contributed by atoms with van der Waals surface area (Å²) < 4.78 is 5.38. The molecular formula is C15H30N2O2. The Hall–Kier alpha value is -0.610. The van der Waals surface area contributed by atoms with Crippen molar-refractivity contribution in [2.75, 3.05) is 26.3 Å². The van der Waals surface area contributed by atoms with Crippen LogP contribution in [0.4, 0.5) is 0 Å². The Morgan fingerprint density at radius 2 is 2.16 bits per heavy atom. The van der Waals surface area contributed by atoms with Crippen molar-refractivity contribution < 1.29 is 9.53 Å². The maximum Gasteiger partial charge on any atom is 0.225 e. The minimum absolute atomic E-state index is 0.112. The van der Waals surface area contributed by atoms with Crippen LogP contribution >= 0.6 is 0 Å². The summed E-state index contributed by atoms with van der Waals surface area (Å²) in [5, 5.41) is 0. The molecule has 0 aliphatic carbocycles. The van der Waals surface area contributed by atoms with Crippen molar-refractivity contribution in [3.8, 4) is 0 Å². The molecule has 4 nitrogen and oxygen atoms in total. The van der Waals surface area contributed by atoms with Gasteiger partial charge in [-0.1, -0.05) is 13.3 Å². The molecule has 1 saturated heterocycles. The molecule has 1 amide bonds. The molecule has 112 valence electrons. The summed E-state index contributed by atoms with van der Waals surface area (Å²) >= 11 is 0. The van der Waals surface area contributed by atoms with E-state index in [1.807, 2.05) is 18.7 Å². The molecule has 4 heteroatoms. The van der Waals surface area contributed by atoms with E-state index in [0.29, 0.717) is 11.8 Å². The third-order valence-corrected chi connectivity index (χ3v) is 3.91. The van der Waals surface area contributed by atoms with Crippen LogP contribution in [0.15, 0.2) is 0 Å². The van der Waals surface area contributed by atoms with Gasteiger partial charge in [-0.3, -0.25) is 4.79 Å². The highest BCUT2D eigenvalue weighted by Gasteiger charge is 2.24. The standard InChI is InChI=1S/C15H30N2O2/c1-4-17(10-14-8-9-19-11-14)15(18)12(2)6-5-7-13(3)16/h12-14H,4-11,16H2,1-3H3. The molecule has 19 heavy (non-hydrogen) atoms. The highest BCUT2D eigenvalue weighted by molar-refractivity contribution is 5.78. The fourth-order valence-electron chi connectivity index (χ4n) is 2.60. The van der Waals surface area contributed by atoms with Gasteiger partial charge in [-0.05, 0) is 33.1 Å². The van der Waals surface area contributed by atoms with E-state index < -0.39 is 0 Å². The zero-order valence-electron chi connectivity index (χ0n) is 12.7. The zero-order valence-corrected chi connectivity index (χ0v) is 12.7. The van der Waals surface area contributed by atoms with E-state index in [0.717, 1.165) is 52.0 Å². The largest absolute Gasteiger partial charge is 0.381 e. The van der Waals surface area contributed by atoms with Gasteiger partial charge in [0.2, 0.25) is 5.91 Å². The van der Waals surface area contributed by atoms with Gasteiger partial charge in [-0.15, -0.1) is 0 Å². The maximum atomic E-state index is 12.4. The fourth-order valence-corrected chi connectivity index (χ4v) is 2.60. The van der Waals surface area contributed by atoms with Gasteiger partial charge in [0.05, 0.1) is 6.61 Å². The van der Waals surface area contributed by atoms with Crippen LogP contribution in [-0.2, 0) is 9.53 Å². The molecule has 1 aliphatic rings. The second-order valence-corrected chi connectivity index (χ2v) is 5.92. The average molecular weight is 270 g/mol. The Morgan fingerprint density at radius 1 is 1.42 bits per heavy atom. The van der Waals surface area contributed by atoms with Crippen molar-refractivity contribution in [3.63, 3.8) is 0 Å². The van der Waals surface area contributed by atoms with E-state index in [2.05, 4.69) is 6.92 Å². The molecule has 1 heterocycles. The molecule has 3 unspecified atom stereocenters. The Labute approximate surface area is 117 Å². The van der Waals surface area contributed by atoms with Crippen molar-refractivity contribution in [1.82, 2.24) is 4.90 Å². The van der Waals surface area contributed by atoms with Crippen LogP contribution in [0.3, 0.4) is 0 Å². The van der Waals surface area contributed by atoms with Crippen molar-refractivity contribution in [1.29, 1.82) is 0 Å². The van der Waals surface area contributed by atoms with Gasteiger partial charge in [0.1, 0.15) is 0 Å². The van der Waals surface area contributed by atoms with Crippen LogP contribution in [0.2, 0.25) is 0 Å². The number of hydrogen-bond acceptors (Lipinski definition) is 3. The molecule has 0 aromatic heterocycles. The van der Waals surface area contributed by atoms with E-state index in [-0.39, 0.29) is 12.0 Å². The molecule has 0 saturated carbocycles.